The Morgan fingerprint density at radius 1 is 1.33 bits per heavy atom. The summed E-state index contributed by atoms with van der Waals surface area (Å²) in [6.45, 7) is 0.571. The fraction of sp³-hybridized carbons (Fsp3) is 0.200. The smallest absolute Gasteiger partial charge is 0.237 e. The largest absolute Gasteiger partial charge is 0.495 e. The number of amides is 1. The minimum Gasteiger partial charge on any atom is -0.495 e. The Kier molecular flexibility index (Phi) is 4.61. The lowest BCUT2D eigenvalue weighted by Crippen LogP contribution is -2.33. The molecule has 0 unspecified atom stereocenters. The molecule has 0 aliphatic rings. The number of aromatic nitrogens is 1. The molecule has 1 amide bonds. The first-order valence-electron chi connectivity index (χ1n) is 6.46. The standard InChI is InChI=1S/C15H18N4O2/c1-21-13-5-6-15(18-8-13)19(10-14(17)20)9-11-3-2-4-12(16)7-11/h2-8H,9-10,16H2,1H3,(H2,17,20). The number of carbonyl (C=O) groups is 1. The number of nitrogens with zero attached hydrogens (tertiary/aromatic N) is 2. The topological polar surface area (TPSA) is 94.5 Å². The van der Waals surface area contributed by atoms with Crippen molar-refractivity contribution in [2.75, 3.05) is 24.3 Å². The number of ether oxygens (including phenoxy) is 1. The first-order valence-corrected chi connectivity index (χ1v) is 6.46. The van der Waals surface area contributed by atoms with Gasteiger partial charge >= 0.3 is 0 Å². The Balaban J connectivity index is 2.22. The number of hydrogen-bond donors (Lipinski definition) is 2. The van der Waals surface area contributed by atoms with Crippen LogP contribution in [-0.2, 0) is 11.3 Å². The maximum Gasteiger partial charge on any atom is 0.237 e. The van der Waals surface area contributed by atoms with Crippen LogP contribution in [0.5, 0.6) is 5.75 Å². The van der Waals surface area contributed by atoms with E-state index in [4.69, 9.17) is 16.2 Å². The van der Waals surface area contributed by atoms with Gasteiger partial charge in [-0.2, -0.15) is 0 Å². The van der Waals surface area contributed by atoms with E-state index < -0.39 is 5.91 Å². The number of pyridine rings is 1. The van der Waals surface area contributed by atoms with E-state index in [0.717, 1.165) is 5.56 Å². The monoisotopic (exact) mass is 286 g/mol. The maximum absolute atomic E-state index is 11.3. The first-order chi connectivity index (χ1) is 10.1. The molecule has 0 aliphatic heterocycles. The molecular weight excluding hydrogens is 268 g/mol. The van der Waals surface area contributed by atoms with Crippen molar-refractivity contribution in [3.63, 3.8) is 0 Å². The van der Waals surface area contributed by atoms with Crippen LogP contribution in [0.3, 0.4) is 0 Å². The lowest BCUT2D eigenvalue weighted by atomic mass is 10.2. The summed E-state index contributed by atoms with van der Waals surface area (Å²) in [6, 6.07) is 11.1. The molecule has 0 atom stereocenters. The molecule has 0 radical (unpaired) electrons. The zero-order valence-corrected chi connectivity index (χ0v) is 11.8. The zero-order chi connectivity index (χ0) is 15.2. The molecule has 4 N–H and O–H groups in total. The number of rotatable bonds is 6. The molecule has 0 fully saturated rings. The fourth-order valence-corrected chi connectivity index (χ4v) is 2.00. The summed E-state index contributed by atoms with van der Waals surface area (Å²) in [7, 11) is 1.57. The van der Waals surface area contributed by atoms with Crippen LogP contribution in [0.25, 0.3) is 0 Å². The van der Waals surface area contributed by atoms with Crippen LogP contribution in [0.2, 0.25) is 0 Å². The summed E-state index contributed by atoms with van der Waals surface area (Å²) in [5, 5.41) is 0. The van der Waals surface area contributed by atoms with Gasteiger partial charge in [0.1, 0.15) is 11.6 Å². The number of hydrogen-bond acceptors (Lipinski definition) is 5. The quantitative estimate of drug-likeness (QED) is 0.777. The number of nitrogen functional groups attached to an aromatic ring is 1. The normalized spacial score (nSPS) is 10.1. The van der Waals surface area contributed by atoms with E-state index in [2.05, 4.69) is 4.98 Å². The van der Waals surface area contributed by atoms with Gasteiger partial charge < -0.3 is 21.1 Å². The van der Waals surface area contributed by atoms with Gasteiger partial charge in [0.2, 0.25) is 5.91 Å². The van der Waals surface area contributed by atoms with Crippen LogP contribution >= 0.6 is 0 Å². The molecule has 21 heavy (non-hydrogen) atoms. The molecule has 0 spiro atoms. The first kappa shape index (κ1) is 14.6. The van der Waals surface area contributed by atoms with E-state index in [1.807, 2.05) is 24.3 Å². The minimum atomic E-state index is -0.420. The average Bonchev–Trinajstić information content (AvgIpc) is 2.46. The molecule has 1 heterocycles. The molecular formula is C15H18N4O2. The summed E-state index contributed by atoms with van der Waals surface area (Å²) in [5.74, 6) is 0.885. The van der Waals surface area contributed by atoms with Crippen molar-refractivity contribution in [3.05, 3.63) is 48.2 Å². The highest BCUT2D eigenvalue weighted by molar-refractivity contribution is 5.79. The third-order valence-corrected chi connectivity index (χ3v) is 2.95. The number of methoxy groups -OCH3 is 1. The maximum atomic E-state index is 11.3. The van der Waals surface area contributed by atoms with Crippen LogP contribution in [0, 0.1) is 0 Å². The van der Waals surface area contributed by atoms with E-state index in [0.29, 0.717) is 23.8 Å². The highest BCUT2D eigenvalue weighted by Crippen LogP contribution is 2.18. The predicted molar refractivity (Wildman–Crippen MR) is 81.9 cm³/mol. The van der Waals surface area contributed by atoms with Gasteiger partial charge in [0, 0.05) is 12.2 Å². The fourth-order valence-electron chi connectivity index (χ4n) is 2.00. The van der Waals surface area contributed by atoms with Gasteiger partial charge in [-0.05, 0) is 29.8 Å². The third-order valence-electron chi connectivity index (χ3n) is 2.95. The molecule has 110 valence electrons. The third kappa shape index (κ3) is 4.10. The zero-order valence-electron chi connectivity index (χ0n) is 11.8. The van der Waals surface area contributed by atoms with Crippen molar-refractivity contribution in [1.29, 1.82) is 0 Å². The minimum absolute atomic E-state index is 0.0775. The van der Waals surface area contributed by atoms with E-state index in [1.165, 1.54) is 0 Å². The number of anilines is 2. The number of nitrogens with two attached hydrogens (primary N) is 2. The highest BCUT2D eigenvalue weighted by atomic mass is 16.5. The van der Waals surface area contributed by atoms with E-state index in [9.17, 15) is 4.79 Å². The van der Waals surface area contributed by atoms with Crippen molar-refractivity contribution in [3.8, 4) is 5.75 Å². The molecule has 0 saturated heterocycles. The van der Waals surface area contributed by atoms with Crippen LogP contribution in [-0.4, -0.2) is 24.5 Å². The van der Waals surface area contributed by atoms with Gasteiger partial charge in [-0.15, -0.1) is 0 Å². The van der Waals surface area contributed by atoms with Crippen LogP contribution in [0.1, 0.15) is 5.56 Å². The van der Waals surface area contributed by atoms with Crippen LogP contribution < -0.4 is 21.1 Å². The summed E-state index contributed by atoms with van der Waals surface area (Å²) in [4.78, 5) is 17.3. The second-order valence-electron chi connectivity index (χ2n) is 4.62. The van der Waals surface area contributed by atoms with Crippen molar-refractivity contribution in [2.45, 2.75) is 6.54 Å². The molecule has 1 aromatic carbocycles. The number of primary amides is 1. The molecule has 0 bridgehead atoms. The van der Waals surface area contributed by atoms with Crippen molar-refractivity contribution in [1.82, 2.24) is 4.98 Å². The Labute approximate surface area is 123 Å². The Morgan fingerprint density at radius 3 is 2.71 bits per heavy atom. The average molecular weight is 286 g/mol. The van der Waals surface area contributed by atoms with Gasteiger partial charge in [-0.3, -0.25) is 4.79 Å². The molecule has 2 rings (SSSR count). The number of benzene rings is 1. The SMILES string of the molecule is COc1ccc(N(CC(N)=O)Cc2cccc(N)c2)nc1. The summed E-state index contributed by atoms with van der Waals surface area (Å²) in [5.41, 5.74) is 12.7. The Morgan fingerprint density at radius 2 is 2.14 bits per heavy atom. The van der Waals surface area contributed by atoms with E-state index >= 15 is 0 Å². The van der Waals surface area contributed by atoms with Gasteiger partial charge in [-0.1, -0.05) is 12.1 Å². The molecule has 0 saturated carbocycles. The van der Waals surface area contributed by atoms with Crippen LogP contribution in [0.4, 0.5) is 11.5 Å². The molecule has 6 heteroatoms. The van der Waals surface area contributed by atoms with Crippen molar-refractivity contribution >= 4 is 17.4 Å². The second-order valence-corrected chi connectivity index (χ2v) is 4.62. The van der Waals surface area contributed by atoms with Gasteiger partial charge in [0.25, 0.3) is 0 Å². The molecule has 2 aromatic rings. The van der Waals surface area contributed by atoms with E-state index in [-0.39, 0.29) is 6.54 Å². The van der Waals surface area contributed by atoms with Crippen molar-refractivity contribution in [2.24, 2.45) is 5.73 Å². The van der Waals surface area contributed by atoms with Gasteiger partial charge in [0.15, 0.2) is 0 Å². The summed E-state index contributed by atoms with van der Waals surface area (Å²) in [6.07, 6.45) is 1.60. The molecule has 1 aromatic heterocycles. The van der Waals surface area contributed by atoms with Crippen molar-refractivity contribution < 1.29 is 9.53 Å². The molecule has 6 nitrogen and oxygen atoms in total. The highest BCUT2D eigenvalue weighted by Gasteiger charge is 2.12. The number of carbonyl (C=O) groups excluding carboxylic acids is 1. The molecule has 0 aliphatic carbocycles. The lowest BCUT2D eigenvalue weighted by molar-refractivity contribution is -0.116. The van der Waals surface area contributed by atoms with E-state index in [1.54, 1.807) is 30.3 Å². The van der Waals surface area contributed by atoms with Crippen LogP contribution in [0.15, 0.2) is 42.6 Å². The van der Waals surface area contributed by atoms with Gasteiger partial charge in [-0.25, -0.2) is 4.98 Å². The predicted octanol–water partition coefficient (Wildman–Crippen LogP) is 1.16. The summed E-state index contributed by atoms with van der Waals surface area (Å²) < 4.78 is 5.07. The lowest BCUT2D eigenvalue weighted by Gasteiger charge is -2.22. The summed E-state index contributed by atoms with van der Waals surface area (Å²) >= 11 is 0. The second kappa shape index (κ2) is 6.60. The Bertz CT molecular complexity index is 613. The van der Waals surface area contributed by atoms with Gasteiger partial charge in [0.05, 0.1) is 19.9 Å². The Hall–Kier alpha value is -2.76.